The van der Waals surface area contributed by atoms with E-state index in [0.717, 1.165) is 42.1 Å². The summed E-state index contributed by atoms with van der Waals surface area (Å²) in [5.74, 6) is -0.325. The highest BCUT2D eigenvalue weighted by Crippen LogP contribution is 2.43. The molecule has 2 aliphatic rings. The van der Waals surface area contributed by atoms with Crippen molar-refractivity contribution in [3.8, 4) is 0 Å². The van der Waals surface area contributed by atoms with Gasteiger partial charge in [-0.2, -0.15) is 0 Å². The molecular weight excluding hydrogens is 370 g/mol. The Morgan fingerprint density at radius 1 is 1.14 bits per heavy atom. The van der Waals surface area contributed by atoms with Gasteiger partial charge >= 0.3 is 0 Å². The van der Waals surface area contributed by atoms with Crippen LogP contribution in [0.15, 0.2) is 41.8 Å². The zero-order valence-electron chi connectivity index (χ0n) is 16.4. The molecule has 3 heterocycles. The molecule has 2 aromatic rings. The molecule has 4 rings (SSSR count). The fraction of sp³-hybridized carbons (Fsp3) is 0.455. The maximum absolute atomic E-state index is 13.2. The summed E-state index contributed by atoms with van der Waals surface area (Å²) in [7, 11) is 2.11. The second-order valence-corrected chi connectivity index (χ2v) is 8.94. The first kappa shape index (κ1) is 19.2. The number of anilines is 1. The van der Waals surface area contributed by atoms with E-state index in [2.05, 4.69) is 17.3 Å². The van der Waals surface area contributed by atoms with Crippen LogP contribution in [0.1, 0.15) is 35.7 Å². The summed E-state index contributed by atoms with van der Waals surface area (Å²) >= 11 is 1.61. The molecule has 6 heteroatoms. The van der Waals surface area contributed by atoms with Gasteiger partial charge in [0.2, 0.25) is 11.8 Å². The predicted molar refractivity (Wildman–Crippen MR) is 112 cm³/mol. The van der Waals surface area contributed by atoms with Crippen molar-refractivity contribution < 1.29 is 9.59 Å². The summed E-state index contributed by atoms with van der Waals surface area (Å²) < 4.78 is 0. The van der Waals surface area contributed by atoms with Gasteiger partial charge in [0, 0.05) is 23.0 Å². The molecule has 2 unspecified atom stereocenters. The van der Waals surface area contributed by atoms with E-state index in [1.807, 2.05) is 53.6 Å². The molecule has 28 heavy (non-hydrogen) atoms. The minimum atomic E-state index is -0.355. The Kier molecular flexibility index (Phi) is 5.51. The van der Waals surface area contributed by atoms with Crippen molar-refractivity contribution in [1.82, 2.24) is 10.2 Å². The normalized spacial score (nSPS) is 23.9. The van der Waals surface area contributed by atoms with Gasteiger partial charge in [0.1, 0.15) is 0 Å². The van der Waals surface area contributed by atoms with Gasteiger partial charge in [-0.1, -0.05) is 23.8 Å². The third kappa shape index (κ3) is 3.84. The van der Waals surface area contributed by atoms with Gasteiger partial charge in [-0.3, -0.25) is 9.59 Å². The second-order valence-electron chi connectivity index (χ2n) is 7.96. The van der Waals surface area contributed by atoms with Crippen molar-refractivity contribution in [3.63, 3.8) is 0 Å². The molecule has 2 saturated heterocycles. The number of carbonyl (C=O) groups excluding carboxylic acids is 2. The molecule has 1 aromatic heterocycles. The first-order valence-electron chi connectivity index (χ1n) is 9.94. The molecule has 148 valence electrons. The Bertz CT molecular complexity index is 826. The fourth-order valence-electron chi connectivity index (χ4n) is 4.23. The number of amides is 2. The smallest absolute Gasteiger partial charge is 0.228 e. The molecule has 2 aliphatic heterocycles. The number of carbonyl (C=O) groups is 2. The molecule has 2 fully saturated rings. The molecule has 0 saturated carbocycles. The zero-order chi connectivity index (χ0) is 19.7. The molecule has 1 N–H and O–H groups in total. The summed E-state index contributed by atoms with van der Waals surface area (Å²) in [6.45, 7) is 4.03. The number of rotatable bonds is 4. The highest BCUT2D eigenvalue weighted by molar-refractivity contribution is 7.10. The summed E-state index contributed by atoms with van der Waals surface area (Å²) in [6.07, 6.45) is 2.19. The fourth-order valence-corrected chi connectivity index (χ4v) is 5.11. The van der Waals surface area contributed by atoms with E-state index in [4.69, 9.17) is 0 Å². The maximum Gasteiger partial charge on any atom is 0.228 e. The summed E-state index contributed by atoms with van der Waals surface area (Å²) in [5, 5.41) is 5.25. The minimum absolute atomic E-state index is 0.0101. The zero-order valence-corrected chi connectivity index (χ0v) is 17.2. The largest absolute Gasteiger partial charge is 0.353 e. The van der Waals surface area contributed by atoms with Crippen LogP contribution < -0.4 is 10.2 Å². The number of hydrogen-bond donors (Lipinski definition) is 1. The van der Waals surface area contributed by atoms with Crippen LogP contribution in [0.2, 0.25) is 0 Å². The molecule has 0 spiro atoms. The van der Waals surface area contributed by atoms with Gasteiger partial charge < -0.3 is 15.1 Å². The van der Waals surface area contributed by atoms with Crippen LogP contribution in [0.5, 0.6) is 0 Å². The van der Waals surface area contributed by atoms with Gasteiger partial charge in [-0.15, -0.1) is 11.3 Å². The van der Waals surface area contributed by atoms with E-state index < -0.39 is 0 Å². The van der Waals surface area contributed by atoms with Crippen LogP contribution in [0, 0.1) is 12.8 Å². The van der Waals surface area contributed by atoms with Crippen LogP contribution in [0.25, 0.3) is 0 Å². The number of piperidine rings is 1. The molecule has 0 bridgehead atoms. The van der Waals surface area contributed by atoms with Crippen molar-refractivity contribution >= 4 is 28.8 Å². The summed E-state index contributed by atoms with van der Waals surface area (Å²) in [6, 6.07) is 12.0. The Labute approximate surface area is 170 Å². The van der Waals surface area contributed by atoms with Crippen molar-refractivity contribution in [3.05, 3.63) is 52.2 Å². The van der Waals surface area contributed by atoms with E-state index in [1.165, 1.54) is 0 Å². The SMILES string of the molecule is Cc1ccc(N2C(=O)CC(C(=O)NC3CCN(C)CC3)C2c2cccs2)cc1. The number of nitrogens with one attached hydrogen (secondary N) is 1. The molecule has 0 radical (unpaired) electrons. The van der Waals surface area contributed by atoms with E-state index >= 15 is 0 Å². The maximum atomic E-state index is 13.2. The van der Waals surface area contributed by atoms with E-state index in [0.29, 0.717) is 0 Å². The Balaban J connectivity index is 1.58. The van der Waals surface area contributed by atoms with Crippen molar-refractivity contribution in [2.45, 2.75) is 38.3 Å². The number of aryl methyl sites for hydroxylation is 1. The minimum Gasteiger partial charge on any atom is -0.353 e. The molecule has 1 aromatic carbocycles. The molecular formula is C22H27N3O2S. The van der Waals surface area contributed by atoms with Crippen molar-refractivity contribution in [1.29, 1.82) is 0 Å². The predicted octanol–water partition coefficient (Wildman–Crippen LogP) is 3.36. The van der Waals surface area contributed by atoms with Gasteiger partial charge in [0.15, 0.2) is 0 Å². The average molecular weight is 398 g/mol. The summed E-state index contributed by atoms with van der Waals surface area (Å²) in [4.78, 5) is 31.3. The van der Waals surface area contributed by atoms with E-state index in [9.17, 15) is 9.59 Å². The lowest BCUT2D eigenvalue weighted by molar-refractivity contribution is -0.127. The Hall–Kier alpha value is -2.18. The number of thiophene rings is 1. The highest BCUT2D eigenvalue weighted by atomic mass is 32.1. The first-order valence-corrected chi connectivity index (χ1v) is 10.8. The van der Waals surface area contributed by atoms with Crippen LogP contribution in [-0.4, -0.2) is 42.9 Å². The van der Waals surface area contributed by atoms with Gasteiger partial charge in [-0.05, 0) is 63.5 Å². The van der Waals surface area contributed by atoms with Crippen molar-refractivity contribution in [2.75, 3.05) is 25.0 Å². The Morgan fingerprint density at radius 2 is 1.86 bits per heavy atom. The van der Waals surface area contributed by atoms with Gasteiger partial charge in [-0.25, -0.2) is 0 Å². The number of hydrogen-bond acceptors (Lipinski definition) is 4. The monoisotopic (exact) mass is 397 g/mol. The molecule has 5 nitrogen and oxygen atoms in total. The topological polar surface area (TPSA) is 52.7 Å². The second kappa shape index (κ2) is 8.05. The van der Waals surface area contributed by atoms with Crippen LogP contribution in [0.4, 0.5) is 5.69 Å². The number of benzene rings is 1. The molecule has 2 amide bonds. The van der Waals surface area contributed by atoms with E-state index in [1.54, 1.807) is 11.3 Å². The highest BCUT2D eigenvalue weighted by Gasteiger charge is 2.46. The lowest BCUT2D eigenvalue weighted by Gasteiger charge is -2.31. The third-order valence-corrected chi connectivity index (χ3v) is 6.81. The van der Waals surface area contributed by atoms with Gasteiger partial charge in [0.05, 0.1) is 12.0 Å². The number of likely N-dealkylation sites (tertiary alicyclic amines) is 1. The third-order valence-electron chi connectivity index (χ3n) is 5.87. The number of nitrogens with zero attached hydrogens (tertiary/aromatic N) is 2. The van der Waals surface area contributed by atoms with Crippen LogP contribution in [-0.2, 0) is 9.59 Å². The lowest BCUT2D eigenvalue weighted by atomic mass is 9.96. The average Bonchev–Trinajstić information content (AvgIpc) is 3.32. The van der Waals surface area contributed by atoms with Crippen LogP contribution >= 0.6 is 11.3 Å². The molecule has 0 aliphatic carbocycles. The standard InChI is InChI=1S/C22H27N3O2S/c1-15-5-7-17(8-6-15)25-20(26)14-18(21(25)19-4-3-13-28-19)22(27)23-16-9-11-24(2)12-10-16/h3-8,13,16,18,21H,9-12,14H2,1-2H3,(H,23,27). The lowest BCUT2D eigenvalue weighted by Crippen LogP contribution is -2.46. The van der Waals surface area contributed by atoms with Crippen LogP contribution in [0.3, 0.4) is 0 Å². The summed E-state index contributed by atoms with van der Waals surface area (Å²) in [5.41, 5.74) is 2.02. The van der Waals surface area contributed by atoms with Crippen molar-refractivity contribution in [2.24, 2.45) is 5.92 Å². The van der Waals surface area contributed by atoms with E-state index in [-0.39, 0.29) is 36.2 Å². The molecule has 2 atom stereocenters. The van der Waals surface area contributed by atoms with Gasteiger partial charge in [0.25, 0.3) is 0 Å². The first-order chi connectivity index (χ1) is 13.5. The Morgan fingerprint density at radius 3 is 2.50 bits per heavy atom. The quantitative estimate of drug-likeness (QED) is 0.861.